The van der Waals surface area contributed by atoms with Crippen LogP contribution in [0.3, 0.4) is 0 Å². The minimum absolute atomic E-state index is 0.0951. The Labute approximate surface area is 198 Å². The van der Waals surface area contributed by atoms with Gasteiger partial charge in [0, 0.05) is 36.1 Å². The number of nitrogens with one attached hydrogen (secondary N) is 1. The molecule has 1 amide bonds. The van der Waals surface area contributed by atoms with Gasteiger partial charge in [0.1, 0.15) is 0 Å². The molecule has 166 valence electrons. The standard InChI is InChI=1S/C24H21N5O2S2/c30-21(29-11-5-6-15(13-29)23-26-19-9-3-4-10-20(19)33-23)14-32-24-28-27-22(31-24)17-12-25-18-8-2-1-7-16(17)18/h1-4,7-10,12,15,25H,5-6,11,13-14H2/t15-/m1/s1. The Bertz CT molecular complexity index is 1410. The summed E-state index contributed by atoms with van der Waals surface area (Å²) in [6.07, 6.45) is 3.92. The maximum atomic E-state index is 12.9. The average molecular weight is 476 g/mol. The van der Waals surface area contributed by atoms with Crippen molar-refractivity contribution in [1.82, 2.24) is 25.1 Å². The molecule has 1 atom stereocenters. The first-order chi connectivity index (χ1) is 16.2. The van der Waals surface area contributed by atoms with E-state index in [-0.39, 0.29) is 11.7 Å². The van der Waals surface area contributed by atoms with Crippen LogP contribution in [0, 0.1) is 0 Å². The minimum Gasteiger partial charge on any atom is -0.411 e. The van der Waals surface area contributed by atoms with Gasteiger partial charge in [-0.3, -0.25) is 4.79 Å². The van der Waals surface area contributed by atoms with Gasteiger partial charge in [0.2, 0.25) is 5.91 Å². The third-order valence-electron chi connectivity index (χ3n) is 5.98. The van der Waals surface area contributed by atoms with E-state index in [0.29, 0.717) is 23.6 Å². The Balaban J connectivity index is 1.10. The number of benzene rings is 2. The van der Waals surface area contributed by atoms with Crippen molar-refractivity contribution in [3.63, 3.8) is 0 Å². The van der Waals surface area contributed by atoms with Crippen LogP contribution in [0.25, 0.3) is 32.6 Å². The van der Waals surface area contributed by atoms with E-state index >= 15 is 0 Å². The number of piperidine rings is 1. The second-order valence-electron chi connectivity index (χ2n) is 8.11. The lowest BCUT2D eigenvalue weighted by atomic mass is 9.99. The molecule has 1 N–H and O–H groups in total. The number of rotatable bonds is 5. The number of H-pyrrole nitrogens is 1. The van der Waals surface area contributed by atoms with Gasteiger partial charge < -0.3 is 14.3 Å². The van der Waals surface area contributed by atoms with Crippen molar-refractivity contribution < 1.29 is 9.21 Å². The number of nitrogens with zero attached hydrogens (tertiary/aromatic N) is 4. The van der Waals surface area contributed by atoms with Gasteiger partial charge in [-0.2, -0.15) is 0 Å². The van der Waals surface area contributed by atoms with E-state index in [2.05, 4.69) is 21.2 Å². The Kier molecular flexibility index (Phi) is 5.35. The number of thiazole rings is 1. The van der Waals surface area contributed by atoms with Crippen molar-refractivity contribution in [2.45, 2.75) is 24.0 Å². The first kappa shape index (κ1) is 20.4. The van der Waals surface area contributed by atoms with E-state index in [9.17, 15) is 4.79 Å². The maximum absolute atomic E-state index is 12.9. The van der Waals surface area contributed by atoms with E-state index in [0.717, 1.165) is 46.4 Å². The molecule has 7 nitrogen and oxygen atoms in total. The summed E-state index contributed by atoms with van der Waals surface area (Å²) < 4.78 is 7.04. The fourth-order valence-corrected chi connectivity index (χ4v) is 6.07. The lowest BCUT2D eigenvalue weighted by molar-refractivity contribution is -0.129. The van der Waals surface area contributed by atoms with Gasteiger partial charge in [0.05, 0.1) is 26.5 Å². The Morgan fingerprint density at radius 3 is 3.00 bits per heavy atom. The number of carbonyl (C=O) groups excluding carboxylic acids is 1. The summed E-state index contributed by atoms with van der Waals surface area (Å²) in [4.78, 5) is 22.9. The van der Waals surface area contributed by atoms with Crippen molar-refractivity contribution in [3.05, 3.63) is 59.7 Å². The van der Waals surface area contributed by atoms with E-state index in [1.165, 1.54) is 16.5 Å². The van der Waals surface area contributed by atoms with Gasteiger partial charge in [0.15, 0.2) is 0 Å². The fourth-order valence-electron chi connectivity index (χ4n) is 4.31. The zero-order valence-electron chi connectivity index (χ0n) is 17.7. The van der Waals surface area contributed by atoms with Gasteiger partial charge >= 0.3 is 0 Å². The van der Waals surface area contributed by atoms with E-state index in [1.54, 1.807) is 11.3 Å². The molecule has 0 aliphatic carbocycles. The summed E-state index contributed by atoms with van der Waals surface area (Å²) in [5, 5.41) is 10.9. The van der Waals surface area contributed by atoms with Crippen LogP contribution >= 0.6 is 23.1 Å². The van der Waals surface area contributed by atoms with Crippen molar-refractivity contribution >= 4 is 50.1 Å². The fraction of sp³-hybridized carbons (Fsp3) is 0.250. The van der Waals surface area contributed by atoms with Crippen molar-refractivity contribution in [1.29, 1.82) is 0 Å². The zero-order chi connectivity index (χ0) is 22.2. The van der Waals surface area contributed by atoms with E-state index in [4.69, 9.17) is 9.40 Å². The number of hydrogen-bond donors (Lipinski definition) is 1. The molecule has 0 bridgehead atoms. The molecule has 0 radical (unpaired) electrons. The van der Waals surface area contributed by atoms with Gasteiger partial charge in [-0.15, -0.1) is 21.5 Å². The Morgan fingerprint density at radius 1 is 1.18 bits per heavy atom. The molecule has 5 aromatic rings. The summed E-state index contributed by atoms with van der Waals surface area (Å²) in [6, 6.07) is 16.2. The molecule has 33 heavy (non-hydrogen) atoms. The summed E-state index contributed by atoms with van der Waals surface area (Å²) >= 11 is 3.03. The quantitative estimate of drug-likeness (QED) is 0.346. The molecule has 3 aromatic heterocycles. The molecule has 1 fully saturated rings. The second-order valence-corrected chi connectivity index (χ2v) is 10.1. The summed E-state index contributed by atoms with van der Waals surface area (Å²) in [5.74, 6) is 1.12. The number of fused-ring (bicyclic) bond motifs is 2. The predicted octanol–water partition coefficient (Wildman–Crippen LogP) is 5.33. The molecule has 4 heterocycles. The number of thioether (sulfide) groups is 1. The lowest BCUT2D eigenvalue weighted by Crippen LogP contribution is -2.40. The van der Waals surface area contributed by atoms with Gasteiger partial charge in [-0.05, 0) is 31.0 Å². The highest BCUT2D eigenvalue weighted by atomic mass is 32.2. The lowest BCUT2D eigenvalue weighted by Gasteiger charge is -2.31. The number of hydrogen-bond acceptors (Lipinski definition) is 7. The summed E-state index contributed by atoms with van der Waals surface area (Å²) in [5.41, 5.74) is 2.92. The van der Waals surface area contributed by atoms with Crippen LogP contribution < -0.4 is 0 Å². The normalized spacial score (nSPS) is 16.6. The molecule has 0 spiro atoms. The first-order valence-electron chi connectivity index (χ1n) is 10.9. The second kappa shape index (κ2) is 8.64. The molecule has 1 saturated heterocycles. The van der Waals surface area contributed by atoms with Crippen molar-refractivity contribution in [3.8, 4) is 11.5 Å². The van der Waals surface area contributed by atoms with E-state index in [1.807, 2.05) is 53.6 Å². The van der Waals surface area contributed by atoms with Crippen LogP contribution in [0.4, 0.5) is 0 Å². The monoisotopic (exact) mass is 475 g/mol. The number of carbonyl (C=O) groups is 1. The van der Waals surface area contributed by atoms with E-state index < -0.39 is 0 Å². The SMILES string of the molecule is O=C(CSc1nnc(-c2c[nH]c3ccccc23)o1)N1CCC[C@@H](c2nc3ccccc3s2)C1. The average Bonchev–Trinajstić information content (AvgIpc) is 3.60. The third-order valence-corrected chi connectivity index (χ3v) is 7.98. The summed E-state index contributed by atoms with van der Waals surface area (Å²) in [6.45, 7) is 1.49. The van der Waals surface area contributed by atoms with Crippen LogP contribution in [0.15, 0.2) is 64.4 Å². The van der Waals surface area contributed by atoms with Crippen LogP contribution in [-0.2, 0) is 4.79 Å². The molecule has 1 aliphatic heterocycles. The molecule has 1 aliphatic rings. The highest BCUT2D eigenvalue weighted by Gasteiger charge is 2.27. The van der Waals surface area contributed by atoms with Crippen LogP contribution in [-0.4, -0.2) is 49.8 Å². The van der Waals surface area contributed by atoms with Gasteiger partial charge in [0.25, 0.3) is 11.1 Å². The van der Waals surface area contributed by atoms with Gasteiger partial charge in [-0.25, -0.2) is 4.98 Å². The largest absolute Gasteiger partial charge is 0.411 e. The number of aromatic amines is 1. The molecule has 9 heteroatoms. The first-order valence-corrected chi connectivity index (χ1v) is 12.7. The predicted molar refractivity (Wildman–Crippen MR) is 130 cm³/mol. The maximum Gasteiger partial charge on any atom is 0.277 e. The highest BCUT2D eigenvalue weighted by molar-refractivity contribution is 7.99. The summed E-state index contributed by atoms with van der Waals surface area (Å²) in [7, 11) is 0. The number of aromatic nitrogens is 4. The zero-order valence-corrected chi connectivity index (χ0v) is 19.4. The van der Waals surface area contributed by atoms with Crippen LogP contribution in [0.5, 0.6) is 0 Å². The van der Waals surface area contributed by atoms with Crippen molar-refractivity contribution in [2.24, 2.45) is 0 Å². The van der Waals surface area contributed by atoms with Crippen molar-refractivity contribution in [2.75, 3.05) is 18.8 Å². The molecule has 6 rings (SSSR count). The molecule has 2 aromatic carbocycles. The Morgan fingerprint density at radius 2 is 2.06 bits per heavy atom. The smallest absolute Gasteiger partial charge is 0.277 e. The number of likely N-dealkylation sites (tertiary alicyclic amines) is 1. The van der Waals surface area contributed by atoms with Gasteiger partial charge in [-0.1, -0.05) is 42.1 Å². The molecule has 0 saturated carbocycles. The number of para-hydroxylation sites is 2. The Hall–Kier alpha value is -3.17. The van der Waals surface area contributed by atoms with Crippen LogP contribution in [0.1, 0.15) is 23.8 Å². The topological polar surface area (TPSA) is 87.9 Å². The third kappa shape index (κ3) is 4.02. The van der Waals surface area contributed by atoms with Crippen LogP contribution in [0.2, 0.25) is 0 Å². The minimum atomic E-state index is 0.0951. The molecular weight excluding hydrogens is 454 g/mol. The molecular formula is C24H21N5O2S2. The molecule has 0 unspecified atom stereocenters. The highest BCUT2D eigenvalue weighted by Crippen LogP contribution is 2.34. The number of amides is 1.